The van der Waals surface area contributed by atoms with Crippen LogP contribution < -0.4 is 0 Å². The smallest absolute Gasteiger partial charge is 0.251 e. The summed E-state index contributed by atoms with van der Waals surface area (Å²) in [6.07, 6.45) is 0.847. The number of halogens is 2. The lowest BCUT2D eigenvalue weighted by Crippen LogP contribution is -2.61. The van der Waals surface area contributed by atoms with Crippen LogP contribution in [0.2, 0.25) is 0 Å². The highest BCUT2D eigenvalue weighted by Crippen LogP contribution is 2.67. The van der Waals surface area contributed by atoms with E-state index in [-0.39, 0.29) is 42.5 Å². The fourth-order valence-corrected chi connectivity index (χ4v) is 7.88. The summed E-state index contributed by atoms with van der Waals surface area (Å²) in [6, 6.07) is -0.112. The zero-order chi connectivity index (χ0) is 22.9. The van der Waals surface area contributed by atoms with Gasteiger partial charge in [0.05, 0.1) is 24.4 Å². The molecule has 5 nitrogen and oxygen atoms in total. The van der Waals surface area contributed by atoms with Gasteiger partial charge in [-0.05, 0) is 81.4 Å². The molecule has 0 aromatic heterocycles. The van der Waals surface area contributed by atoms with Gasteiger partial charge in [-0.2, -0.15) is 0 Å². The monoisotopic (exact) mass is 441 g/mol. The number of carbonyl (C=O) groups is 1. The maximum absolute atomic E-state index is 13.1. The molecule has 3 saturated carbocycles. The van der Waals surface area contributed by atoms with Crippen LogP contribution in [0.15, 0.2) is 11.6 Å². The van der Waals surface area contributed by atoms with Crippen LogP contribution >= 0.6 is 0 Å². The molecule has 0 spiro atoms. The number of fused-ring (bicyclic) bond motifs is 5. The van der Waals surface area contributed by atoms with E-state index in [1.807, 2.05) is 13.8 Å². The van der Waals surface area contributed by atoms with E-state index in [4.69, 9.17) is 0 Å². The number of hydrogen-bond donors (Lipinski definition) is 3. The molecule has 3 unspecified atom stereocenters. The Hall–Kier alpha value is -0.890. The number of carbonyl (C=O) groups excluding carboxylic acids is 1. The highest BCUT2D eigenvalue weighted by Gasteiger charge is 2.67. The summed E-state index contributed by atoms with van der Waals surface area (Å²) in [5.74, 6) is -0.393. The van der Waals surface area contributed by atoms with Crippen LogP contribution in [0, 0.1) is 28.6 Å². The Bertz CT molecular complexity index is 775. The summed E-state index contributed by atoms with van der Waals surface area (Å²) in [6.45, 7) is 5.76. The van der Waals surface area contributed by atoms with Gasteiger partial charge in [0.1, 0.15) is 0 Å². The molecule has 0 bridgehead atoms. The van der Waals surface area contributed by atoms with Crippen molar-refractivity contribution in [2.75, 3.05) is 13.6 Å². The number of hydrogen-bond acceptors (Lipinski definition) is 5. The Morgan fingerprint density at radius 1 is 1.16 bits per heavy atom. The number of aliphatic hydroxyl groups is 3. The minimum absolute atomic E-state index is 0.0247. The number of ketones is 1. The number of alkyl halides is 2. The van der Waals surface area contributed by atoms with Crippen LogP contribution in [-0.2, 0) is 4.79 Å². The van der Waals surface area contributed by atoms with E-state index >= 15 is 0 Å². The molecule has 4 aliphatic carbocycles. The SMILES string of the molecule is CC(C1CC[C@@]2(O)C3=CC(=O)[C@@H]4C[C@@H](O)[C@@H](O)C[C@]4(C)C3CC[C@]12C)N(C)CC(F)F. The molecule has 0 heterocycles. The van der Waals surface area contributed by atoms with Gasteiger partial charge in [-0.25, -0.2) is 8.78 Å². The summed E-state index contributed by atoms with van der Waals surface area (Å²) in [4.78, 5) is 14.8. The molecular formula is C24H37F2NO4. The number of aliphatic hydroxyl groups excluding tert-OH is 2. The predicted molar refractivity (Wildman–Crippen MR) is 113 cm³/mol. The third kappa shape index (κ3) is 3.25. The van der Waals surface area contributed by atoms with Crippen molar-refractivity contribution in [1.82, 2.24) is 4.90 Å². The van der Waals surface area contributed by atoms with Crippen molar-refractivity contribution in [1.29, 1.82) is 0 Å². The van der Waals surface area contributed by atoms with Crippen molar-refractivity contribution < 1.29 is 28.9 Å². The van der Waals surface area contributed by atoms with Gasteiger partial charge in [-0.3, -0.25) is 9.69 Å². The zero-order valence-electron chi connectivity index (χ0n) is 19.0. The number of rotatable bonds is 4. The fourth-order valence-electron chi connectivity index (χ4n) is 7.88. The molecule has 3 fully saturated rings. The Morgan fingerprint density at radius 3 is 2.48 bits per heavy atom. The molecule has 31 heavy (non-hydrogen) atoms. The molecule has 0 aliphatic heterocycles. The first-order chi connectivity index (χ1) is 14.3. The van der Waals surface area contributed by atoms with Crippen molar-refractivity contribution in [2.45, 2.75) is 89.6 Å². The normalized spacial score (nSPS) is 48.3. The predicted octanol–water partition coefficient (Wildman–Crippen LogP) is 2.78. The van der Waals surface area contributed by atoms with E-state index in [0.29, 0.717) is 12.8 Å². The van der Waals surface area contributed by atoms with Crippen LogP contribution in [0.25, 0.3) is 0 Å². The van der Waals surface area contributed by atoms with Gasteiger partial charge in [0.15, 0.2) is 5.78 Å². The highest BCUT2D eigenvalue weighted by molar-refractivity contribution is 5.95. The minimum Gasteiger partial charge on any atom is -0.390 e. The summed E-state index contributed by atoms with van der Waals surface area (Å²) < 4.78 is 26.0. The Balaban J connectivity index is 1.68. The second-order valence-electron chi connectivity index (χ2n) is 11.2. The van der Waals surface area contributed by atoms with Crippen LogP contribution in [0.4, 0.5) is 8.78 Å². The molecule has 0 aromatic carbocycles. The summed E-state index contributed by atoms with van der Waals surface area (Å²) in [5, 5.41) is 32.7. The Kier molecular flexibility index (Phi) is 5.69. The summed E-state index contributed by atoms with van der Waals surface area (Å²) in [7, 11) is 1.72. The van der Waals surface area contributed by atoms with Gasteiger partial charge >= 0.3 is 0 Å². The van der Waals surface area contributed by atoms with Crippen LogP contribution in [0.3, 0.4) is 0 Å². The van der Waals surface area contributed by atoms with E-state index in [9.17, 15) is 28.9 Å². The first-order valence-electron chi connectivity index (χ1n) is 11.7. The lowest BCUT2D eigenvalue weighted by molar-refractivity contribution is -0.153. The van der Waals surface area contributed by atoms with Gasteiger partial charge in [-0.15, -0.1) is 0 Å². The maximum atomic E-state index is 13.1. The molecule has 4 rings (SSSR count). The average Bonchev–Trinajstić information content (AvgIpc) is 2.95. The molecule has 0 radical (unpaired) electrons. The molecule has 7 heteroatoms. The second kappa shape index (κ2) is 7.57. The molecule has 4 aliphatic rings. The van der Waals surface area contributed by atoms with Gasteiger partial charge in [0, 0.05) is 17.4 Å². The molecule has 0 amide bonds. The highest BCUT2D eigenvalue weighted by atomic mass is 19.3. The molecule has 9 atom stereocenters. The van der Waals surface area contributed by atoms with E-state index in [0.717, 1.165) is 24.8 Å². The maximum Gasteiger partial charge on any atom is 0.251 e. The van der Waals surface area contributed by atoms with E-state index < -0.39 is 35.1 Å². The Labute approximate surface area is 183 Å². The van der Waals surface area contributed by atoms with Crippen LogP contribution in [0.5, 0.6) is 0 Å². The van der Waals surface area contributed by atoms with Crippen molar-refractivity contribution in [3.05, 3.63) is 11.6 Å². The topological polar surface area (TPSA) is 81.0 Å². The van der Waals surface area contributed by atoms with Gasteiger partial charge in [0.25, 0.3) is 6.43 Å². The van der Waals surface area contributed by atoms with E-state index in [1.165, 1.54) is 0 Å². The van der Waals surface area contributed by atoms with Gasteiger partial charge < -0.3 is 15.3 Å². The average molecular weight is 442 g/mol. The second-order valence-corrected chi connectivity index (χ2v) is 11.2. The molecule has 0 aromatic rings. The van der Waals surface area contributed by atoms with Crippen LogP contribution in [0.1, 0.15) is 59.3 Å². The standard InChI is InChI=1S/C24H37F2NO4/c1-13(27(4)12-21(25)26)14-6-8-24(31)16-9-18(28)17-10-19(29)20(30)11-22(17,2)15(16)5-7-23(14,24)3/h9,13-15,17,19-21,29-31H,5-8,10-12H2,1-4H3/t13?,14?,15?,17-,19+,20-,22+,23+,24+/m0/s1. The quantitative estimate of drug-likeness (QED) is 0.625. The number of allylic oxidation sites excluding steroid dienone is 1. The van der Waals surface area contributed by atoms with Crippen molar-refractivity contribution >= 4 is 5.78 Å². The molecule has 176 valence electrons. The summed E-state index contributed by atoms with van der Waals surface area (Å²) >= 11 is 0. The van der Waals surface area contributed by atoms with Crippen molar-refractivity contribution in [2.24, 2.45) is 28.6 Å². The van der Waals surface area contributed by atoms with Gasteiger partial charge in [0.2, 0.25) is 0 Å². The van der Waals surface area contributed by atoms with Crippen molar-refractivity contribution in [3.8, 4) is 0 Å². The van der Waals surface area contributed by atoms with E-state index in [2.05, 4.69) is 6.92 Å². The number of nitrogens with zero attached hydrogens (tertiary/aromatic N) is 1. The van der Waals surface area contributed by atoms with E-state index in [1.54, 1.807) is 18.0 Å². The van der Waals surface area contributed by atoms with Gasteiger partial charge in [-0.1, -0.05) is 13.8 Å². The lowest BCUT2D eigenvalue weighted by atomic mass is 9.46. The lowest BCUT2D eigenvalue weighted by Gasteiger charge is -2.60. The van der Waals surface area contributed by atoms with Crippen molar-refractivity contribution in [3.63, 3.8) is 0 Å². The minimum atomic E-state index is -2.40. The Morgan fingerprint density at radius 2 is 1.84 bits per heavy atom. The molecule has 3 N–H and O–H groups in total. The fraction of sp³-hybridized carbons (Fsp3) is 0.875. The first kappa shape index (κ1) is 23.3. The first-order valence-corrected chi connectivity index (χ1v) is 11.7. The van der Waals surface area contributed by atoms with Crippen LogP contribution in [-0.4, -0.2) is 69.9 Å². The third-order valence-electron chi connectivity index (χ3n) is 9.89. The molecular weight excluding hydrogens is 404 g/mol. The zero-order valence-corrected chi connectivity index (χ0v) is 19.0. The summed E-state index contributed by atoms with van der Waals surface area (Å²) in [5.41, 5.74) is -1.36. The molecule has 0 saturated heterocycles. The third-order valence-corrected chi connectivity index (χ3v) is 9.89. The largest absolute Gasteiger partial charge is 0.390 e.